The summed E-state index contributed by atoms with van der Waals surface area (Å²) in [5, 5.41) is 16.0. The highest BCUT2D eigenvalue weighted by atomic mass is 16.6. The summed E-state index contributed by atoms with van der Waals surface area (Å²) >= 11 is 0. The molecule has 1 amide bonds. The molecule has 0 unspecified atom stereocenters. The Morgan fingerprint density at radius 3 is 2.42 bits per heavy atom. The first-order valence-corrected chi connectivity index (χ1v) is 9.43. The monoisotopic (exact) mass is 360 g/mol. The number of hydrogen-bond acceptors (Lipinski definition) is 4. The average molecular weight is 360 g/mol. The van der Waals surface area contributed by atoms with Gasteiger partial charge in [0.05, 0.1) is 29.3 Å². The van der Waals surface area contributed by atoms with Gasteiger partial charge in [-0.25, -0.2) is 0 Å². The van der Waals surface area contributed by atoms with Crippen LogP contribution >= 0.6 is 0 Å². The van der Waals surface area contributed by atoms with E-state index in [1.165, 1.54) is 63.8 Å². The zero-order valence-electron chi connectivity index (χ0n) is 15.1. The predicted octanol–water partition coefficient (Wildman–Crippen LogP) is 2.07. The largest absolute Gasteiger partial charge is 0.494 e. The molecule has 4 fully saturated rings. The van der Waals surface area contributed by atoms with Crippen LogP contribution in [0.4, 0.5) is 11.4 Å². The van der Waals surface area contributed by atoms with Gasteiger partial charge in [0.25, 0.3) is 11.6 Å². The molecule has 1 aromatic rings. The van der Waals surface area contributed by atoms with E-state index in [9.17, 15) is 14.9 Å². The van der Waals surface area contributed by atoms with Gasteiger partial charge in [-0.1, -0.05) is 0 Å². The van der Waals surface area contributed by atoms with E-state index in [1.54, 1.807) is 0 Å². The van der Waals surface area contributed by atoms with Crippen LogP contribution in [0, 0.1) is 27.9 Å². The third-order valence-corrected chi connectivity index (χ3v) is 6.48. The first-order chi connectivity index (χ1) is 12.5. The molecular weight excluding hydrogens is 334 g/mol. The Hall–Kier alpha value is -2.15. The van der Waals surface area contributed by atoms with Gasteiger partial charge in [0.1, 0.15) is 5.75 Å². The highest BCUT2D eigenvalue weighted by molar-refractivity contribution is 5.93. The molecule has 4 aliphatic carbocycles. The smallest absolute Gasteiger partial charge is 0.279 e. The normalized spacial score (nSPS) is 31.7. The number of nitrogens with zero attached hydrogens (tertiary/aromatic N) is 1. The van der Waals surface area contributed by atoms with Crippen molar-refractivity contribution in [3.63, 3.8) is 0 Å². The number of nitrogens with two attached hydrogens (primary N) is 1. The minimum atomic E-state index is -0.477. The molecule has 7 heteroatoms. The Kier molecular flexibility index (Phi) is 4.34. The number of carbonyl (C=O) groups excluding carboxylic acids is 1. The molecule has 0 heterocycles. The van der Waals surface area contributed by atoms with E-state index >= 15 is 0 Å². The van der Waals surface area contributed by atoms with Gasteiger partial charge in [0.15, 0.2) is 6.54 Å². The number of nitro groups is 1. The fourth-order valence-corrected chi connectivity index (χ4v) is 5.83. The summed E-state index contributed by atoms with van der Waals surface area (Å²) in [4.78, 5) is 22.9. The maximum Gasteiger partial charge on any atom is 0.279 e. The molecule has 0 spiro atoms. The van der Waals surface area contributed by atoms with Crippen molar-refractivity contribution in [3.05, 3.63) is 28.3 Å². The van der Waals surface area contributed by atoms with Crippen molar-refractivity contribution >= 4 is 17.3 Å². The molecule has 0 aromatic heterocycles. The predicted molar refractivity (Wildman–Crippen MR) is 96.0 cm³/mol. The lowest BCUT2D eigenvalue weighted by Crippen LogP contribution is -3.00. The van der Waals surface area contributed by atoms with Gasteiger partial charge in [-0.2, -0.15) is 0 Å². The lowest BCUT2D eigenvalue weighted by Gasteiger charge is -2.54. The van der Waals surface area contributed by atoms with E-state index in [0.29, 0.717) is 18.0 Å². The van der Waals surface area contributed by atoms with Crippen LogP contribution in [0.15, 0.2) is 18.2 Å². The third-order valence-electron chi connectivity index (χ3n) is 6.48. The summed E-state index contributed by atoms with van der Waals surface area (Å²) < 4.78 is 5.19. The van der Waals surface area contributed by atoms with Crippen molar-refractivity contribution in [1.29, 1.82) is 0 Å². The van der Waals surface area contributed by atoms with E-state index in [4.69, 9.17) is 4.74 Å². The van der Waals surface area contributed by atoms with Gasteiger partial charge in [0, 0.05) is 25.3 Å². The maximum atomic E-state index is 12.5. The highest BCUT2D eigenvalue weighted by Gasteiger charge is 2.53. The highest BCUT2D eigenvalue weighted by Crippen LogP contribution is 2.54. The van der Waals surface area contributed by atoms with Crippen molar-refractivity contribution < 1.29 is 19.8 Å². The molecule has 4 saturated carbocycles. The third kappa shape index (κ3) is 3.28. The molecule has 4 aliphatic rings. The van der Waals surface area contributed by atoms with E-state index in [2.05, 4.69) is 10.6 Å². The molecular formula is C19H26N3O4+. The van der Waals surface area contributed by atoms with Crippen LogP contribution in [0.5, 0.6) is 5.75 Å². The summed E-state index contributed by atoms with van der Waals surface area (Å²) in [6, 6.07) is 4.24. The Bertz CT molecular complexity index is 698. The Morgan fingerprint density at radius 1 is 1.27 bits per heavy atom. The van der Waals surface area contributed by atoms with Crippen LogP contribution in [-0.2, 0) is 4.79 Å². The standard InChI is InChI=1S/C19H25N3O4/c1-26-17-7-15(22(24)25)2-3-16(17)21-18(23)11-20-19-8-12-4-13(9-19)6-14(5-12)10-19/h2-3,7,12-14,20H,4-6,8-11H2,1H3,(H,21,23)/p+1. The summed E-state index contributed by atoms with van der Waals surface area (Å²) in [6.07, 6.45) is 7.89. The molecule has 0 radical (unpaired) electrons. The van der Waals surface area contributed by atoms with Crippen molar-refractivity contribution in [2.45, 2.75) is 44.1 Å². The number of quaternary nitrogens is 1. The van der Waals surface area contributed by atoms with Gasteiger partial charge >= 0.3 is 0 Å². The zero-order chi connectivity index (χ0) is 18.3. The number of benzene rings is 1. The van der Waals surface area contributed by atoms with Gasteiger partial charge in [0.2, 0.25) is 0 Å². The molecule has 7 nitrogen and oxygen atoms in total. The summed E-state index contributed by atoms with van der Waals surface area (Å²) in [5.41, 5.74) is 0.674. The zero-order valence-corrected chi connectivity index (χ0v) is 15.1. The van der Waals surface area contributed by atoms with E-state index in [1.807, 2.05) is 0 Å². The molecule has 4 bridgehead atoms. The van der Waals surface area contributed by atoms with E-state index < -0.39 is 4.92 Å². The number of amides is 1. The number of rotatable bonds is 6. The fraction of sp³-hybridized carbons (Fsp3) is 0.632. The molecule has 5 rings (SSSR count). The minimum Gasteiger partial charge on any atom is -0.494 e. The second-order valence-corrected chi connectivity index (χ2v) is 8.38. The van der Waals surface area contributed by atoms with Crippen LogP contribution in [0.3, 0.4) is 0 Å². The van der Waals surface area contributed by atoms with Crippen LogP contribution in [-0.4, -0.2) is 30.0 Å². The van der Waals surface area contributed by atoms with Gasteiger partial charge < -0.3 is 15.4 Å². The molecule has 26 heavy (non-hydrogen) atoms. The topological polar surface area (TPSA) is 98.1 Å². The number of anilines is 1. The van der Waals surface area contributed by atoms with Crippen molar-refractivity contribution in [2.24, 2.45) is 17.8 Å². The van der Waals surface area contributed by atoms with Crippen molar-refractivity contribution in [3.8, 4) is 5.75 Å². The second kappa shape index (κ2) is 6.54. The molecule has 0 aliphatic heterocycles. The second-order valence-electron chi connectivity index (χ2n) is 8.38. The summed E-state index contributed by atoms with van der Waals surface area (Å²) in [6.45, 7) is 0.381. The number of methoxy groups -OCH3 is 1. The SMILES string of the molecule is COc1cc([N+](=O)[O-])ccc1NC(=O)C[NH2+]C12CC3CC(CC(C3)C1)C2. The lowest BCUT2D eigenvalue weighted by atomic mass is 9.53. The number of ether oxygens (including phenoxy) is 1. The van der Waals surface area contributed by atoms with Gasteiger partial charge in [-0.05, 0) is 43.1 Å². The number of nitro benzene ring substituents is 1. The fourth-order valence-electron chi connectivity index (χ4n) is 5.83. The molecule has 3 N–H and O–H groups in total. The van der Waals surface area contributed by atoms with Gasteiger partial charge in [-0.3, -0.25) is 14.9 Å². The number of non-ortho nitro benzene ring substituents is 1. The number of hydrogen-bond donors (Lipinski definition) is 2. The van der Waals surface area contributed by atoms with E-state index in [-0.39, 0.29) is 17.1 Å². The van der Waals surface area contributed by atoms with Crippen LogP contribution in [0.25, 0.3) is 0 Å². The Labute approximate surface area is 152 Å². The van der Waals surface area contributed by atoms with Crippen LogP contribution < -0.4 is 15.4 Å². The molecule has 0 atom stereocenters. The first kappa shape index (κ1) is 17.3. The maximum absolute atomic E-state index is 12.5. The Morgan fingerprint density at radius 2 is 1.88 bits per heavy atom. The van der Waals surface area contributed by atoms with Crippen LogP contribution in [0.1, 0.15) is 38.5 Å². The molecule has 1 aromatic carbocycles. The van der Waals surface area contributed by atoms with Gasteiger partial charge in [-0.15, -0.1) is 0 Å². The lowest BCUT2D eigenvalue weighted by molar-refractivity contribution is -0.729. The number of carbonyl (C=O) groups is 1. The van der Waals surface area contributed by atoms with Crippen molar-refractivity contribution in [2.75, 3.05) is 19.0 Å². The Balaban J connectivity index is 1.38. The number of nitrogens with one attached hydrogen (secondary N) is 1. The van der Waals surface area contributed by atoms with E-state index in [0.717, 1.165) is 17.8 Å². The van der Waals surface area contributed by atoms with Crippen molar-refractivity contribution in [1.82, 2.24) is 0 Å². The molecule has 140 valence electrons. The first-order valence-electron chi connectivity index (χ1n) is 9.43. The molecule has 0 saturated heterocycles. The quantitative estimate of drug-likeness (QED) is 0.599. The minimum absolute atomic E-state index is 0.0556. The van der Waals surface area contributed by atoms with Crippen LogP contribution in [0.2, 0.25) is 0 Å². The summed E-state index contributed by atoms with van der Waals surface area (Å²) in [7, 11) is 1.44. The average Bonchev–Trinajstić information content (AvgIpc) is 2.59. The summed E-state index contributed by atoms with van der Waals surface area (Å²) in [5.74, 6) is 2.79.